The van der Waals surface area contributed by atoms with Gasteiger partial charge in [0.1, 0.15) is 5.75 Å². The van der Waals surface area contributed by atoms with Gasteiger partial charge in [-0.15, -0.1) is 10.2 Å². The fraction of sp³-hybridized carbons (Fsp3) is 0.111. The fourth-order valence-electron chi connectivity index (χ4n) is 2.99. The van der Waals surface area contributed by atoms with E-state index in [2.05, 4.69) is 15.2 Å². The molecule has 1 aliphatic rings. The van der Waals surface area contributed by atoms with E-state index in [0.717, 1.165) is 16.8 Å². The van der Waals surface area contributed by atoms with Gasteiger partial charge in [-0.25, -0.2) is 4.79 Å². The number of fused-ring (bicyclic) bond motifs is 2. The zero-order chi connectivity index (χ0) is 18.4. The molecule has 134 valence electrons. The van der Waals surface area contributed by atoms with Crippen molar-refractivity contribution in [3.8, 4) is 17.1 Å². The summed E-state index contributed by atoms with van der Waals surface area (Å²) in [5.41, 5.74) is 3.70. The molecule has 2 aromatic heterocycles. The van der Waals surface area contributed by atoms with Crippen molar-refractivity contribution in [1.82, 2.24) is 19.9 Å². The number of hydrogen-bond donors (Lipinski definition) is 1. The Morgan fingerprint density at radius 1 is 1.22 bits per heavy atom. The Labute approximate surface area is 156 Å². The van der Waals surface area contributed by atoms with E-state index in [9.17, 15) is 4.79 Å². The van der Waals surface area contributed by atoms with Crippen molar-refractivity contribution in [2.75, 3.05) is 12.9 Å². The normalized spacial score (nSPS) is 13.4. The van der Waals surface area contributed by atoms with E-state index in [1.807, 2.05) is 42.5 Å². The average molecular weight is 379 g/mol. The summed E-state index contributed by atoms with van der Waals surface area (Å²) in [6, 6.07) is 13.1. The Bertz CT molecular complexity index is 1250. The van der Waals surface area contributed by atoms with Crippen LogP contribution in [0, 0.1) is 0 Å². The number of aromatic nitrogens is 4. The first-order chi connectivity index (χ1) is 13.2. The van der Waals surface area contributed by atoms with Gasteiger partial charge in [0.2, 0.25) is 5.16 Å². The maximum absolute atomic E-state index is 11.4. The van der Waals surface area contributed by atoms with Gasteiger partial charge in [-0.2, -0.15) is 9.78 Å². The first kappa shape index (κ1) is 15.9. The molecule has 1 N–H and O–H groups in total. The predicted octanol–water partition coefficient (Wildman–Crippen LogP) is 2.75. The molecular formula is C18H13N5O3S. The number of thioether (sulfide) groups is 1. The lowest BCUT2D eigenvalue weighted by Crippen LogP contribution is -2.13. The molecule has 0 aliphatic carbocycles. The lowest BCUT2D eigenvalue weighted by Gasteiger charge is -2.14. The van der Waals surface area contributed by atoms with Crippen molar-refractivity contribution in [2.45, 2.75) is 5.16 Å². The SMILES string of the molecule is COc1ccccc1-c1nnc2n1N=C(c1ccc3[nH]c(=O)oc3c1)CS2. The Balaban J connectivity index is 1.63. The van der Waals surface area contributed by atoms with E-state index < -0.39 is 5.76 Å². The van der Waals surface area contributed by atoms with Crippen molar-refractivity contribution >= 4 is 28.6 Å². The fourth-order valence-corrected chi connectivity index (χ4v) is 3.83. The minimum Gasteiger partial charge on any atom is -0.496 e. The lowest BCUT2D eigenvalue weighted by molar-refractivity contribution is 0.416. The van der Waals surface area contributed by atoms with Gasteiger partial charge in [-0.3, -0.25) is 4.98 Å². The Morgan fingerprint density at radius 3 is 3.00 bits per heavy atom. The third-order valence-corrected chi connectivity index (χ3v) is 5.20. The molecule has 0 saturated heterocycles. The number of aromatic amines is 1. The highest BCUT2D eigenvalue weighted by Gasteiger charge is 2.22. The Morgan fingerprint density at radius 2 is 2.11 bits per heavy atom. The number of ether oxygens (including phenoxy) is 1. The molecule has 0 amide bonds. The van der Waals surface area contributed by atoms with Crippen LogP contribution in [0.3, 0.4) is 0 Å². The zero-order valence-electron chi connectivity index (χ0n) is 14.2. The summed E-state index contributed by atoms with van der Waals surface area (Å²) in [6.45, 7) is 0. The second kappa shape index (κ2) is 6.13. The molecule has 27 heavy (non-hydrogen) atoms. The van der Waals surface area contributed by atoms with Crippen LogP contribution in [0.15, 0.2) is 61.9 Å². The Hall–Kier alpha value is -3.33. The average Bonchev–Trinajstić information content (AvgIpc) is 3.29. The van der Waals surface area contributed by atoms with Gasteiger partial charge in [0.25, 0.3) is 0 Å². The Kier molecular flexibility index (Phi) is 3.61. The van der Waals surface area contributed by atoms with E-state index in [1.54, 1.807) is 23.5 Å². The highest BCUT2D eigenvalue weighted by Crippen LogP contribution is 2.33. The second-order valence-electron chi connectivity index (χ2n) is 5.88. The number of oxazole rings is 1. The van der Waals surface area contributed by atoms with Gasteiger partial charge in [0, 0.05) is 11.3 Å². The van der Waals surface area contributed by atoms with E-state index in [1.165, 1.54) is 0 Å². The van der Waals surface area contributed by atoms with E-state index in [-0.39, 0.29) is 0 Å². The van der Waals surface area contributed by atoms with Crippen LogP contribution in [0.25, 0.3) is 22.5 Å². The van der Waals surface area contributed by atoms with Gasteiger partial charge >= 0.3 is 5.76 Å². The molecule has 0 radical (unpaired) electrons. The van der Waals surface area contributed by atoms with Crippen LogP contribution in [-0.2, 0) is 0 Å². The first-order valence-electron chi connectivity index (χ1n) is 8.15. The number of H-pyrrole nitrogens is 1. The summed E-state index contributed by atoms with van der Waals surface area (Å²) >= 11 is 1.55. The maximum Gasteiger partial charge on any atom is 0.417 e. The van der Waals surface area contributed by atoms with Crippen LogP contribution < -0.4 is 10.5 Å². The minimum absolute atomic E-state index is 0.471. The summed E-state index contributed by atoms with van der Waals surface area (Å²) in [5.74, 6) is 1.49. The highest BCUT2D eigenvalue weighted by atomic mass is 32.2. The molecular weight excluding hydrogens is 366 g/mol. The van der Waals surface area contributed by atoms with Gasteiger partial charge in [-0.05, 0) is 24.3 Å². The van der Waals surface area contributed by atoms with E-state index in [0.29, 0.717) is 33.6 Å². The third-order valence-electron chi connectivity index (χ3n) is 4.27. The van der Waals surface area contributed by atoms with Crippen LogP contribution in [0.2, 0.25) is 0 Å². The number of hydrogen-bond acceptors (Lipinski definition) is 7. The molecule has 0 fully saturated rings. The van der Waals surface area contributed by atoms with Crippen molar-refractivity contribution in [2.24, 2.45) is 5.10 Å². The van der Waals surface area contributed by atoms with Crippen molar-refractivity contribution in [1.29, 1.82) is 0 Å². The molecule has 4 aromatic rings. The number of methoxy groups -OCH3 is 1. The molecule has 0 atom stereocenters. The van der Waals surface area contributed by atoms with Crippen LogP contribution in [0.1, 0.15) is 5.56 Å². The largest absolute Gasteiger partial charge is 0.496 e. The molecule has 8 nitrogen and oxygen atoms in total. The van der Waals surface area contributed by atoms with E-state index >= 15 is 0 Å². The summed E-state index contributed by atoms with van der Waals surface area (Å²) in [7, 11) is 1.62. The molecule has 1 aliphatic heterocycles. The molecule has 5 rings (SSSR count). The lowest BCUT2D eigenvalue weighted by atomic mass is 10.1. The molecule has 2 aromatic carbocycles. The molecule has 0 saturated carbocycles. The second-order valence-corrected chi connectivity index (χ2v) is 6.82. The minimum atomic E-state index is -0.471. The smallest absolute Gasteiger partial charge is 0.417 e. The summed E-state index contributed by atoms with van der Waals surface area (Å²) in [4.78, 5) is 14.0. The van der Waals surface area contributed by atoms with Crippen LogP contribution in [-0.4, -0.2) is 38.4 Å². The first-order valence-corrected chi connectivity index (χ1v) is 9.14. The zero-order valence-corrected chi connectivity index (χ0v) is 15.0. The third kappa shape index (κ3) is 2.63. The van der Waals surface area contributed by atoms with Crippen molar-refractivity contribution < 1.29 is 9.15 Å². The topological polar surface area (TPSA) is 98.3 Å². The van der Waals surface area contributed by atoms with Crippen LogP contribution in [0.5, 0.6) is 5.75 Å². The van der Waals surface area contributed by atoms with Crippen LogP contribution >= 0.6 is 11.8 Å². The maximum atomic E-state index is 11.4. The van der Waals surface area contributed by atoms with Crippen LogP contribution in [0.4, 0.5) is 0 Å². The molecule has 0 unspecified atom stereocenters. The van der Waals surface area contributed by atoms with Gasteiger partial charge in [0.15, 0.2) is 11.4 Å². The van der Waals surface area contributed by atoms with Crippen molar-refractivity contribution in [3.63, 3.8) is 0 Å². The number of benzene rings is 2. The summed E-state index contributed by atoms with van der Waals surface area (Å²) < 4.78 is 12.3. The van der Waals surface area contributed by atoms with Gasteiger partial charge < -0.3 is 9.15 Å². The highest BCUT2D eigenvalue weighted by molar-refractivity contribution is 7.99. The molecule has 3 heterocycles. The van der Waals surface area contributed by atoms with Gasteiger partial charge in [0.05, 0.1) is 23.9 Å². The monoisotopic (exact) mass is 379 g/mol. The molecule has 0 bridgehead atoms. The summed E-state index contributed by atoms with van der Waals surface area (Å²) in [5, 5.41) is 14.0. The van der Waals surface area contributed by atoms with E-state index in [4.69, 9.17) is 14.3 Å². The summed E-state index contributed by atoms with van der Waals surface area (Å²) in [6.07, 6.45) is 0. The predicted molar refractivity (Wildman–Crippen MR) is 102 cm³/mol. The molecule has 0 spiro atoms. The number of rotatable bonds is 3. The molecule has 9 heteroatoms. The number of para-hydroxylation sites is 1. The van der Waals surface area contributed by atoms with Crippen molar-refractivity contribution in [3.05, 3.63) is 58.6 Å². The quantitative estimate of drug-likeness (QED) is 0.588. The van der Waals surface area contributed by atoms with Gasteiger partial charge in [-0.1, -0.05) is 30.0 Å². The number of nitrogens with one attached hydrogen (secondary N) is 1. The standard InChI is InChI=1S/C18H13N5O3S/c1-25-14-5-3-2-4-11(14)16-20-21-17-23(16)22-13(9-27-17)10-6-7-12-15(8-10)26-18(24)19-12/h2-8H,9H2,1H3,(H,19,24). The number of nitrogens with zero attached hydrogens (tertiary/aromatic N) is 4.